The highest BCUT2D eigenvalue weighted by Gasteiger charge is 2.18. The van der Waals surface area contributed by atoms with Crippen molar-refractivity contribution in [1.82, 2.24) is 5.32 Å². The summed E-state index contributed by atoms with van der Waals surface area (Å²) >= 11 is 7.43. The lowest BCUT2D eigenvalue weighted by molar-refractivity contribution is -0.384. The smallest absolute Gasteiger partial charge is 0.325 e. The van der Waals surface area contributed by atoms with Crippen LogP contribution in [-0.4, -0.2) is 35.9 Å². The zero-order valence-electron chi connectivity index (χ0n) is 16.1. The Labute approximate surface area is 185 Å². The maximum atomic E-state index is 12.3. The Morgan fingerprint density at radius 2 is 1.94 bits per heavy atom. The van der Waals surface area contributed by atoms with E-state index in [4.69, 9.17) is 16.3 Å². The number of rotatable bonds is 7. The van der Waals surface area contributed by atoms with E-state index in [9.17, 15) is 24.5 Å². The molecule has 1 aromatic heterocycles. The van der Waals surface area contributed by atoms with Gasteiger partial charge in [0.15, 0.2) is 6.61 Å². The van der Waals surface area contributed by atoms with Gasteiger partial charge in [-0.2, -0.15) is 0 Å². The van der Waals surface area contributed by atoms with Gasteiger partial charge in [0, 0.05) is 27.9 Å². The van der Waals surface area contributed by atoms with E-state index in [0.29, 0.717) is 16.3 Å². The highest BCUT2D eigenvalue weighted by Crippen LogP contribution is 2.34. The third-order valence-corrected chi connectivity index (χ3v) is 5.87. The topological polar surface area (TPSA) is 128 Å². The SMILES string of the molecule is Cc1cc([N+](=O)[O-])ccc1NC(=O)COC(=O)CNC(=O)c1sc2ccccc2c1Cl. The van der Waals surface area contributed by atoms with Crippen LogP contribution in [0.25, 0.3) is 10.1 Å². The minimum atomic E-state index is -0.804. The van der Waals surface area contributed by atoms with Gasteiger partial charge in [0.05, 0.1) is 9.95 Å². The van der Waals surface area contributed by atoms with E-state index in [2.05, 4.69) is 10.6 Å². The van der Waals surface area contributed by atoms with E-state index in [-0.39, 0.29) is 10.6 Å². The number of nitro groups is 1. The van der Waals surface area contributed by atoms with Crippen molar-refractivity contribution in [3.05, 3.63) is 68.0 Å². The van der Waals surface area contributed by atoms with E-state index in [1.165, 1.54) is 29.5 Å². The second kappa shape index (κ2) is 9.54. The zero-order chi connectivity index (χ0) is 22.5. The molecule has 0 fully saturated rings. The Hall–Kier alpha value is -3.50. The van der Waals surface area contributed by atoms with Crippen molar-refractivity contribution in [2.45, 2.75) is 6.92 Å². The van der Waals surface area contributed by atoms with E-state index in [0.717, 1.165) is 10.1 Å². The Morgan fingerprint density at radius 3 is 2.61 bits per heavy atom. The highest BCUT2D eigenvalue weighted by atomic mass is 35.5. The van der Waals surface area contributed by atoms with Crippen molar-refractivity contribution in [2.24, 2.45) is 0 Å². The van der Waals surface area contributed by atoms with E-state index in [1.807, 2.05) is 18.2 Å². The molecule has 160 valence electrons. The highest BCUT2D eigenvalue weighted by molar-refractivity contribution is 7.21. The molecule has 0 unspecified atom stereocenters. The van der Waals surface area contributed by atoms with Crippen LogP contribution in [0, 0.1) is 17.0 Å². The fourth-order valence-electron chi connectivity index (χ4n) is 2.68. The summed E-state index contributed by atoms with van der Waals surface area (Å²) in [6, 6.07) is 11.2. The number of carbonyl (C=O) groups excluding carboxylic acids is 3. The fraction of sp³-hybridized carbons (Fsp3) is 0.150. The van der Waals surface area contributed by atoms with Crippen molar-refractivity contribution >= 4 is 62.2 Å². The van der Waals surface area contributed by atoms with Gasteiger partial charge in [0.2, 0.25) is 0 Å². The van der Waals surface area contributed by atoms with Crippen molar-refractivity contribution in [3.63, 3.8) is 0 Å². The Balaban J connectivity index is 1.48. The van der Waals surface area contributed by atoms with Gasteiger partial charge in [0.25, 0.3) is 17.5 Å². The molecule has 11 heteroatoms. The van der Waals surface area contributed by atoms with Gasteiger partial charge >= 0.3 is 5.97 Å². The van der Waals surface area contributed by atoms with Gasteiger partial charge in [-0.1, -0.05) is 29.8 Å². The van der Waals surface area contributed by atoms with Crippen LogP contribution in [0.1, 0.15) is 15.2 Å². The number of nitrogens with zero attached hydrogens (tertiary/aromatic N) is 1. The van der Waals surface area contributed by atoms with Crippen molar-refractivity contribution in [3.8, 4) is 0 Å². The summed E-state index contributed by atoms with van der Waals surface area (Å²) < 4.78 is 5.70. The second-order valence-electron chi connectivity index (χ2n) is 6.39. The summed E-state index contributed by atoms with van der Waals surface area (Å²) in [4.78, 5) is 46.6. The minimum absolute atomic E-state index is 0.101. The molecule has 3 aromatic rings. The number of amides is 2. The molecule has 0 radical (unpaired) electrons. The quantitative estimate of drug-likeness (QED) is 0.314. The summed E-state index contributed by atoms with van der Waals surface area (Å²) in [6.45, 7) is 0.589. The number of nitro benzene ring substituents is 1. The number of thiophene rings is 1. The predicted molar refractivity (Wildman–Crippen MR) is 117 cm³/mol. The molecule has 0 atom stereocenters. The number of non-ortho nitro benzene ring substituents is 1. The van der Waals surface area contributed by atoms with Crippen molar-refractivity contribution in [1.29, 1.82) is 0 Å². The number of hydrogen-bond acceptors (Lipinski definition) is 7. The van der Waals surface area contributed by atoms with Crippen LogP contribution in [0.4, 0.5) is 11.4 Å². The monoisotopic (exact) mass is 461 g/mol. The molecule has 31 heavy (non-hydrogen) atoms. The zero-order valence-corrected chi connectivity index (χ0v) is 17.7. The number of halogens is 1. The van der Waals surface area contributed by atoms with Gasteiger partial charge in [-0.3, -0.25) is 24.5 Å². The van der Waals surface area contributed by atoms with Crippen LogP contribution in [-0.2, 0) is 14.3 Å². The van der Waals surface area contributed by atoms with Crippen LogP contribution in [0.15, 0.2) is 42.5 Å². The lowest BCUT2D eigenvalue weighted by atomic mass is 10.2. The number of carbonyl (C=O) groups is 3. The van der Waals surface area contributed by atoms with Crippen molar-refractivity contribution in [2.75, 3.05) is 18.5 Å². The standard InChI is InChI=1S/C20H16ClN3O6S/c1-11-8-12(24(28)29)6-7-14(11)23-16(25)10-30-17(26)9-22-20(27)19-18(21)13-4-2-3-5-15(13)31-19/h2-8H,9-10H2,1H3,(H,22,27)(H,23,25). The summed E-state index contributed by atoms with van der Waals surface area (Å²) in [5.74, 6) is -1.94. The largest absolute Gasteiger partial charge is 0.454 e. The number of ether oxygens (including phenoxy) is 1. The maximum Gasteiger partial charge on any atom is 0.325 e. The lowest BCUT2D eigenvalue weighted by Crippen LogP contribution is -2.32. The number of esters is 1. The molecule has 0 aliphatic carbocycles. The van der Waals surface area contributed by atoms with Gasteiger partial charge < -0.3 is 15.4 Å². The Morgan fingerprint density at radius 1 is 1.19 bits per heavy atom. The van der Waals surface area contributed by atoms with E-state index >= 15 is 0 Å². The van der Waals surface area contributed by atoms with Gasteiger partial charge in [-0.05, 0) is 24.6 Å². The molecule has 2 N–H and O–H groups in total. The first-order chi connectivity index (χ1) is 14.8. The summed E-state index contributed by atoms with van der Waals surface area (Å²) in [7, 11) is 0. The molecule has 2 amide bonds. The predicted octanol–water partition coefficient (Wildman–Crippen LogP) is 3.68. The van der Waals surface area contributed by atoms with E-state index in [1.54, 1.807) is 13.0 Å². The van der Waals surface area contributed by atoms with Gasteiger partial charge in [-0.25, -0.2) is 0 Å². The number of nitrogens with one attached hydrogen (secondary N) is 2. The molecule has 0 saturated heterocycles. The average Bonchev–Trinajstić information content (AvgIpc) is 3.08. The first-order valence-electron chi connectivity index (χ1n) is 8.92. The first-order valence-corrected chi connectivity index (χ1v) is 10.1. The normalized spacial score (nSPS) is 10.5. The number of aryl methyl sites for hydroxylation is 1. The van der Waals surface area contributed by atoms with Crippen LogP contribution in [0.5, 0.6) is 0 Å². The molecule has 0 bridgehead atoms. The van der Waals surface area contributed by atoms with Crippen LogP contribution in [0.2, 0.25) is 5.02 Å². The number of benzene rings is 2. The fourth-order valence-corrected chi connectivity index (χ4v) is 4.11. The number of fused-ring (bicyclic) bond motifs is 1. The van der Waals surface area contributed by atoms with Crippen LogP contribution >= 0.6 is 22.9 Å². The van der Waals surface area contributed by atoms with E-state index < -0.39 is 35.9 Å². The van der Waals surface area contributed by atoms with Gasteiger partial charge in [0.1, 0.15) is 11.4 Å². The summed E-state index contributed by atoms with van der Waals surface area (Å²) in [5.41, 5.74) is 0.747. The molecule has 9 nitrogen and oxygen atoms in total. The molecule has 0 aliphatic rings. The minimum Gasteiger partial charge on any atom is -0.454 e. The third-order valence-electron chi connectivity index (χ3n) is 4.19. The van der Waals surface area contributed by atoms with Crippen LogP contribution < -0.4 is 10.6 Å². The molecular weight excluding hydrogens is 446 g/mol. The molecular formula is C20H16ClN3O6S. The molecule has 0 spiro atoms. The second-order valence-corrected chi connectivity index (χ2v) is 7.82. The van der Waals surface area contributed by atoms with Crippen LogP contribution in [0.3, 0.4) is 0 Å². The third kappa shape index (κ3) is 5.36. The number of hydrogen-bond donors (Lipinski definition) is 2. The number of anilines is 1. The maximum absolute atomic E-state index is 12.3. The molecule has 0 aliphatic heterocycles. The Bertz CT molecular complexity index is 1190. The molecule has 2 aromatic carbocycles. The lowest BCUT2D eigenvalue weighted by Gasteiger charge is -2.09. The molecule has 1 heterocycles. The Kier molecular flexibility index (Phi) is 6.83. The van der Waals surface area contributed by atoms with Crippen molar-refractivity contribution < 1.29 is 24.0 Å². The molecule has 3 rings (SSSR count). The summed E-state index contributed by atoms with van der Waals surface area (Å²) in [6.07, 6.45) is 0. The molecule has 0 saturated carbocycles. The van der Waals surface area contributed by atoms with Gasteiger partial charge in [-0.15, -0.1) is 11.3 Å². The average molecular weight is 462 g/mol. The first kappa shape index (κ1) is 22.2. The summed E-state index contributed by atoms with van der Waals surface area (Å²) in [5, 5.41) is 16.7.